The minimum Gasteiger partial charge on any atom is -0.445 e. The minimum atomic E-state index is -1.20. The summed E-state index contributed by atoms with van der Waals surface area (Å²) in [5, 5.41) is 18.4. The maximum atomic E-state index is 13.4. The first-order valence-corrected chi connectivity index (χ1v) is 13.3. The van der Waals surface area contributed by atoms with Gasteiger partial charge in [0.05, 0.1) is 12.2 Å². The summed E-state index contributed by atoms with van der Waals surface area (Å²) in [5.41, 5.74) is 1.24. The highest BCUT2D eigenvalue weighted by atomic mass is 16.5. The summed E-state index contributed by atoms with van der Waals surface area (Å²) in [5.74, 6) is -3.17. The Hall–Kier alpha value is -4.29. The van der Waals surface area contributed by atoms with Crippen LogP contribution in [0.1, 0.15) is 45.4 Å². The van der Waals surface area contributed by atoms with Gasteiger partial charge in [0.1, 0.15) is 24.7 Å². The maximum Gasteiger partial charge on any atom is 0.408 e. The van der Waals surface area contributed by atoms with Crippen molar-refractivity contribution in [3.63, 3.8) is 0 Å². The Labute approximate surface area is 232 Å². The van der Waals surface area contributed by atoms with E-state index in [4.69, 9.17) is 4.74 Å². The lowest BCUT2D eigenvalue weighted by atomic mass is 9.99. The smallest absolute Gasteiger partial charge is 0.408 e. The van der Waals surface area contributed by atoms with Gasteiger partial charge in [0.2, 0.25) is 17.6 Å². The summed E-state index contributed by atoms with van der Waals surface area (Å²) in [6.45, 7) is 7.84. The first kappa shape index (κ1) is 30.3. The second-order valence-electron chi connectivity index (χ2n) is 10.5. The Morgan fingerprint density at radius 1 is 1.07 bits per heavy atom. The fourth-order valence-electron chi connectivity index (χ4n) is 4.15. The lowest BCUT2D eigenvalue weighted by molar-refractivity contribution is -0.140. The number of ketones is 1. The number of hydrogen-bond donors (Lipinski definition) is 4. The highest BCUT2D eigenvalue weighted by Crippen LogP contribution is 2.10. The van der Waals surface area contributed by atoms with Crippen molar-refractivity contribution in [1.29, 1.82) is 0 Å². The maximum absolute atomic E-state index is 13.4. The number of carbonyl (C=O) groups is 5. The van der Waals surface area contributed by atoms with Gasteiger partial charge in [0.25, 0.3) is 5.91 Å². The SMILES string of the molecule is CC(C)CC(NC(=O)C(NC(=O)OCc1ccccc1)C(C)C)C(=O)NC1Cc2cn(nn2)CCNC(=O)C1=O. The van der Waals surface area contributed by atoms with E-state index in [9.17, 15) is 24.0 Å². The van der Waals surface area contributed by atoms with Crippen LogP contribution in [0.2, 0.25) is 0 Å². The van der Waals surface area contributed by atoms with Crippen LogP contribution in [-0.4, -0.2) is 69.3 Å². The van der Waals surface area contributed by atoms with E-state index in [0.29, 0.717) is 12.2 Å². The highest BCUT2D eigenvalue weighted by molar-refractivity contribution is 6.38. The molecule has 3 atom stereocenters. The van der Waals surface area contributed by atoms with Crippen molar-refractivity contribution in [2.75, 3.05) is 6.54 Å². The van der Waals surface area contributed by atoms with Crippen LogP contribution < -0.4 is 21.3 Å². The van der Waals surface area contributed by atoms with Gasteiger partial charge in [-0.2, -0.15) is 0 Å². The lowest BCUT2D eigenvalue weighted by Gasteiger charge is -2.27. The van der Waals surface area contributed by atoms with Crippen molar-refractivity contribution in [2.24, 2.45) is 11.8 Å². The molecule has 4 amide bonds. The van der Waals surface area contributed by atoms with Gasteiger partial charge in [0, 0.05) is 19.2 Å². The number of hydrogen-bond acceptors (Lipinski definition) is 8. The molecule has 13 nitrogen and oxygen atoms in total. The summed E-state index contributed by atoms with van der Waals surface area (Å²) in [7, 11) is 0. The number of nitrogens with one attached hydrogen (secondary N) is 4. The Balaban J connectivity index is 1.68. The predicted molar refractivity (Wildman–Crippen MR) is 143 cm³/mol. The molecule has 3 unspecified atom stereocenters. The quantitative estimate of drug-likeness (QED) is 0.307. The van der Waals surface area contributed by atoms with E-state index in [0.717, 1.165) is 5.56 Å². The molecule has 2 bridgehead atoms. The van der Waals surface area contributed by atoms with Crippen LogP contribution in [0.5, 0.6) is 0 Å². The Morgan fingerprint density at radius 3 is 2.48 bits per heavy atom. The van der Waals surface area contributed by atoms with Crippen LogP contribution in [0.4, 0.5) is 4.79 Å². The van der Waals surface area contributed by atoms with Gasteiger partial charge < -0.3 is 26.0 Å². The zero-order chi connectivity index (χ0) is 29.2. The zero-order valence-corrected chi connectivity index (χ0v) is 23.2. The van der Waals surface area contributed by atoms with Crippen molar-refractivity contribution in [1.82, 2.24) is 36.3 Å². The summed E-state index contributed by atoms with van der Waals surface area (Å²) in [6.07, 6.45) is 1.09. The normalized spacial score (nSPS) is 17.0. The number of amides is 4. The summed E-state index contributed by atoms with van der Waals surface area (Å²) < 4.78 is 6.79. The molecule has 2 aromatic rings. The van der Waals surface area contributed by atoms with E-state index in [2.05, 4.69) is 31.6 Å². The fourth-order valence-corrected chi connectivity index (χ4v) is 4.15. The molecule has 0 spiro atoms. The Kier molecular flexibility index (Phi) is 10.7. The molecule has 1 aliphatic heterocycles. The van der Waals surface area contributed by atoms with Crippen molar-refractivity contribution in [3.05, 3.63) is 47.8 Å². The van der Waals surface area contributed by atoms with Gasteiger partial charge in [-0.15, -0.1) is 5.10 Å². The molecule has 0 fully saturated rings. The van der Waals surface area contributed by atoms with Gasteiger partial charge in [-0.05, 0) is 23.8 Å². The molecule has 0 aliphatic carbocycles. The highest BCUT2D eigenvalue weighted by Gasteiger charge is 2.34. The molecule has 40 heavy (non-hydrogen) atoms. The molecular formula is C27H37N7O6. The van der Waals surface area contributed by atoms with Crippen molar-refractivity contribution >= 4 is 29.6 Å². The Morgan fingerprint density at radius 2 is 1.80 bits per heavy atom. The molecule has 1 aromatic carbocycles. The number of carbonyl (C=O) groups excluding carboxylic acids is 5. The molecule has 0 radical (unpaired) electrons. The third kappa shape index (κ3) is 8.89. The van der Waals surface area contributed by atoms with Crippen molar-refractivity contribution < 1.29 is 28.7 Å². The van der Waals surface area contributed by atoms with Crippen molar-refractivity contribution in [2.45, 2.75) is 71.8 Å². The molecule has 13 heteroatoms. The lowest BCUT2D eigenvalue weighted by Crippen LogP contribution is -2.58. The largest absolute Gasteiger partial charge is 0.445 e. The minimum absolute atomic E-state index is 0.000270. The van der Waals surface area contributed by atoms with Gasteiger partial charge >= 0.3 is 6.09 Å². The topological polar surface area (TPSA) is 173 Å². The van der Waals surface area contributed by atoms with Gasteiger partial charge in [-0.3, -0.25) is 23.9 Å². The third-order valence-electron chi connectivity index (χ3n) is 6.26. The molecule has 1 aromatic heterocycles. The van der Waals surface area contributed by atoms with Crippen LogP contribution in [0.3, 0.4) is 0 Å². The second-order valence-corrected chi connectivity index (χ2v) is 10.5. The van der Waals surface area contributed by atoms with Crippen LogP contribution in [0.25, 0.3) is 0 Å². The van der Waals surface area contributed by atoms with E-state index < -0.39 is 47.7 Å². The van der Waals surface area contributed by atoms with Crippen LogP contribution in [-0.2, 0) is 43.5 Å². The van der Waals surface area contributed by atoms with E-state index in [1.165, 1.54) is 4.68 Å². The first-order chi connectivity index (χ1) is 19.0. The fraction of sp³-hybridized carbons (Fsp3) is 0.519. The molecule has 2 heterocycles. The summed E-state index contributed by atoms with van der Waals surface area (Å²) in [4.78, 5) is 64.3. The van der Waals surface area contributed by atoms with Crippen LogP contribution in [0.15, 0.2) is 36.5 Å². The zero-order valence-electron chi connectivity index (χ0n) is 23.2. The number of rotatable bonds is 10. The standard InChI is InChI=1S/C27H37N7O6/c1-16(2)12-21(24(36)29-20-13-19-14-34(33-32-19)11-10-28-26(38)23(20)35)30-25(37)22(17(3)4)31-27(39)40-15-18-8-6-5-7-9-18/h5-9,14,16-17,20-22H,10-13,15H2,1-4H3,(H,28,38)(H,29,36)(H,30,37)(H,31,39). The number of fused-ring (bicyclic) bond motifs is 2. The molecular weight excluding hydrogens is 518 g/mol. The van der Waals surface area contributed by atoms with E-state index >= 15 is 0 Å². The van der Waals surface area contributed by atoms with Crippen molar-refractivity contribution in [3.8, 4) is 0 Å². The number of nitrogens with zero attached hydrogens (tertiary/aromatic N) is 3. The molecule has 0 saturated carbocycles. The van der Waals surface area contributed by atoms with E-state index in [1.54, 1.807) is 20.0 Å². The summed E-state index contributed by atoms with van der Waals surface area (Å²) >= 11 is 0. The summed E-state index contributed by atoms with van der Waals surface area (Å²) in [6, 6.07) is 5.90. The number of aromatic nitrogens is 3. The predicted octanol–water partition coefficient (Wildman–Crippen LogP) is 0.486. The molecule has 0 saturated heterocycles. The number of ether oxygens (including phenoxy) is 1. The van der Waals surface area contributed by atoms with Gasteiger partial charge in [-0.25, -0.2) is 4.79 Å². The average molecular weight is 556 g/mol. The van der Waals surface area contributed by atoms with E-state index in [-0.39, 0.29) is 37.8 Å². The molecule has 1 aliphatic rings. The van der Waals surface area contributed by atoms with Crippen LogP contribution >= 0.6 is 0 Å². The molecule has 3 rings (SSSR count). The second kappa shape index (κ2) is 14.2. The molecule has 4 N–H and O–H groups in total. The van der Waals surface area contributed by atoms with Gasteiger partial charge in [-0.1, -0.05) is 63.2 Å². The monoisotopic (exact) mass is 555 g/mol. The average Bonchev–Trinajstić information content (AvgIpc) is 3.35. The van der Waals surface area contributed by atoms with E-state index in [1.807, 2.05) is 44.2 Å². The third-order valence-corrected chi connectivity index (χ3v) is 6.26. The Bertz CT molecular complexity index is 1200. The number of alkyl carbamates (subject to hydrolysis) is 1. The number of benzene rings is 1. The van der Waals surface area contributed by atoms with Crippen LogP contribution in [0, 0.1) is 11.8 Å². The first-order valence-electron chi connectivity index (χ1n) is 13.3. The van der Waals surface area contributed by atoms with Gasteiger partial charge in [0.15, 0.2) is 0 Å². The molecule has 216 valence electrons. The number of Topliss-reactive ketones (excluding diaryl/α,β-unsaturated/α-hetero) is 1.